The lowest BCUT2D eigenvalue weighted by Crippen LogP contribution is -2.46. The van der Waals surface area contributed by atoms with Crippen molar-refractivity contribution in [2.75, 3.05) is 12.9 Å². The fourth-order valence-electron chi connectivity index (χ4n) is 7.51. The second kappa shape index (κ2) is 13.4. The Morgan fingerprint density at radius 1 is 1.10 bits per heavy atom. The molecular weight excluding hydrogens is 637 g/mol. The number of nitrogens with zero attached hydrogens (tertiary/aromatic N) is 1. The first-order chi connectivity index (χ1) is 22.8. The number of aromatic amines is 1. The van der Waals surface area contributed by atoms with Crippen molar-refractivity contribution in [2.45, 2.75) is 87.7 Å². The summed E-state index contributed by atoms with van der Waals surface area (Å²) in [5.74, 6) is 0.330. The van der Waals surface area contributed by atoms with Crippen molar-refractivity contribution in [1.82, 2.24) is 9.97 Å². The van der Waals surface area contributed by atoms with Gasteiger partial charge in [0.05, 0.1) is 35.4 Å². The summed E-state index contributed by atoms with van der Waals surface area (Å²) in [5, 5.41) is 24.1. The first-order valence-corrected chi connectivity index (χ1v) is 17.4. The van der Waals surface area contributed by atoms with E-state index in [0.29, 0.717) is 72.7 Å². The van der Waals surface area contributed by atoms with Crippen LogP contribution >= 0.6 is 11.8 Å². The van der Waals surface area contributed by atoms with E-state index < -0.39 is 34.6 Å². The number of halogens is 3. The van der Waals surface area contributed by atoms with Crippen LogP contribution in [0.5, 0.6) is 5.75 Å². The van der Waals surface area contributed by atoms with E-state index in [1.165, 1.54) is 29.5 Å². The van der Waals surface area contributed by atoms with Crippen LogP contribution in [0.25, 0.3) is 11.0 Å². The predicted octanol–water partition coefficient (Wildman–Crippen LogP) is 8.65. The van der Waals surface area contributed by atoms with Crippen LogP contribution in [0.3, 0.4) is 0 Å². The maximum Gasteiger partial charge on any atom is 0.416 e. The minimum atomic E-state index is -4.59. The van der Waals surface area contributed by atoms with Crippen molar-refractivity contribution in [3.05, 3.63) is 100 Å². The molecule has 6 nitrogen and oxygen atoms in total. The Hall–Kier alpha value is -3.60. The third-order valence-electron chi connectivity index (χ3n) is 10.5. The number of carbonyl (C=O) groups is 1. The minimum absolute atomic E-state index is 0.0459. The van der Waals surface area contributed by atoms with Gasteiger partial charge in [-0.05, 0) is 99.2 Å². The molecule has 7 rings (SSSR count). The molecule has 0 radical (unpaired) electrons. The lowest BCUT2D eigenvalue weighted by molar-refractivity contribution is -0.137. The number of fused-ring (bicyclic) bond motifs is 9. The van der Waals surface area contributed by atoms with E-state index in [0.717, 1.165) is 28.7 Å². The molecular formula is C38H41F3N2O4S. The van der Waals surface area contributed by atoms with E-state index in [1.807, 2.05) is 30.3 Å². The highest BCUT2D eigenvalue weighted by molar-refractivity contribution is 7.99. The Labute approximate surface area is 282 Å². The number of aromatic nitrogens is 2. The maximum absolute atomic E-state index is 14.2. The van der Waals surface area contributed by atoms with Crippen molar-refractivity contribution in [1.29, 1.82) is 0 Å². The fraction of sp³-hybridized carbons (Fsp3) is 0.421. The summed E-state index contributed by atoms with van der Waals surface area (Å²) in [7, 11) is 1.61. The quantitative estimate of drug-likeness (QED) is 0.107. The van der Waals surface area contributed by atoms with Crippen LogP contribution in [0.4, 0.5) is 13.2 Å². The van der Waals surface area contributed by atoms with Crippen molar-refractivity contribution in [3.8, 4) is 5.75 Å². The smallest absolute Gasteiger partial charge is 0.416 e. The highest BCUT2D eigenvalue weighted by Gasteiger charge is 2.56. The third kappa shape index (κ3) is 6.80. The van der Waals surface area contributed by atoms with Gasteiger partial charge in [-0.25, -0.2) is 4.98 Å². The molecule has 10 heteroatoms. The molecule has 254 valence electrons. The molecule has 4 atom stereocenters. The molecule has 1 aromatic heterocycles. The van der Waals surface area contributed by atoms with Crippen molar-refractivity contribution >= 4 is 28.6 Å². The number of imidazole rings is 1. The zero-order valence-electron chi connectivity index (χ0n) is 27.4. The first kappa shape index (κ1) is 34.3. The molecule has 2 bridgehead atoms. The van der Waals surface area contributed by atoms with Crippen LogP contribution in [-0.4, -0.2) is 50.5 Å². The van der Waals surface area contributed by atoms with Crippen molar-refractivity contribution in [3.63, 3.8) is 0 Å². The number of rotatable bonds is 6. The van der Waals surface area contributed by atoms with Gasteiger partial charge in [-0.3, -0.25) is 4.79 Å². The number of ketones is 1. The molecule has 3 N–H and O–H groups in total. The second-order valence-corrected chi connectivity index (χ2v) is 14.5. The number of hydrogen-bond donors (Lipinski definition) is 3. The number of alkyl halides is 3. The molecule has 3 aromatic carbocycles. The number of nitrogens with one attached hydrogen (secondary N) is 1. The van der Waals surface area contributed by atoms with Crippen LogP contribution < -0.4 is 4.74 Å². The van der Waals surface area contributed by atoms with Crippen LogP contribution in [-0.2, 0) is 12.6 Å². The molecule has 1 heterocycles. The van der Waals surface area contributed by atoms with Gasteiger partial charge in [0.25, 0.3) is 0 Å². The van der Waals surface area contributed by atoms with Crippen molar-refractivity contribution in [2.24, 2.45) is 5.41 Å². The molecule has 0 aliphatic heterocycles. The van der Waals surface area contributed by atoms with Gasteiger partial charge in [-0.2, -0.15) is 13.2 Å². The van der Waals surface area contributed by atoms with Crippen LogP contribution in [0.15, 0.2) is 77.5 Å². The van der Waals surface area contributed by atoms with Crippen LogP contribution in [0.1, 0.15) is 90.9 Å². The van der Waals surface area contributed by atoms with Gasteiger partial charge in [0.1, 0.15) is 5.75 Å². The van der Waals surface area contributed by atoms with Gasteiger partial charge >= 0.3 is 6.18 Å². The molecule has 4 unspecified atom stereocenters. The Bertz CT molecular complexity index is 1850. The number of aliphatic hydroxyl groups excluding tert-OH is 1. The van der Waals surface area contributed by atoms with E-state index in [-0.39, 0.29) is 11.5 Å². The average molecular weight is 679 g/mol. The molecule has 1 fully saturated rings. The molecule has 0 amide bonds. The van der Waals surface area contributed by atoms with E-state index in [9.17, 15) is 28.2 Å². The summed E-state index contributed by atoms with van der Waals surface area (Å²) >= 11 is 1.45. The van der Waals surface area contributed by atoms with Gasteiger partial charge < -0.3 is 19.9 Å². The third-order valence-corrected chi connectivity index (χ3v) is 11.6. The number of H-pyrrole nitrogens is 1. The first-order valence-electron chi connectivity index (χ1n) is 16.4. The van der Waals surface area contributed by atoms with Crippen LogP contribution in [0.2, 0.25) is 0 Å². The molecule has 0 spiro atoms. The molecule has 48 heavy (non-hydrogen) atoms. The highest BCUT2D eigenvalue weighted by Crippen LogP contribution is 2.59. The summed E-state index contributed by atoms with van der Waals surface area (Å²) < 4.78 is 46.3. The van der Waals surface area contributed by atoms with Gasteiger partial charge in [-0.15, -0.1) is 0 Å². The van der Waals surface area contributed by atoms with Crippen molar-refractivity contribution < 1.29 is 32.9 Å². The molecule has 4 aromatic rings. The summed E-state index contributed by atoms with van der Waals surface area (Å²) in [5.41, 5.74) is 1.84. The zero-order chi connectivity index (χ0) is 34.3. The molecule has 1 saturated carbocycles. The summed E-state index contributed by atoms with van der Waals surface area (Å²) in [4.78, 5) is 22.2. The molecule has 0 saturated heterocycles. The molecule has 3 aliphatic rings. The SMILES string of the molecule is COc1ccc2nc(SCC3(O)CCC4c5ccc(cc5C(=O)c5cccc(C(F)(F)F)c5)CC(O)CCC(C)=CCCC43C)[nH]c2c1. The van der Waals surface area contributed by atoms with E-state index in [2.05, 4.69) is 24.9 Å². The lowest BCUT2D eigenvalue weighted by Gasteiger charge is -2.44. The van der Waals surface area contributed by atoms with E-state index >= 15 is 0 Å². The average Bonchev–Trinajstić information content (AvgIpc) is 3.59. The maximum atomic E-state index is 14.2. The molecule has 3 aliphatic carbocycles. The lowest BCUT2D eigenvalue weighted by atomic mass is 9.65. The number of carbonyl (C=O) groups excluding carboxylic acids is 1. The number of methoxy groups -OCH3 is 1. The number of ether oxygens (including phenoxy) is 1. The normalized spacial score (nSPS) is 25.0. The summed E-state index contributed by atoms with van der Waals surface area (Å²) in [6, 6.07) is 15.7. The Morgan fingerprint density at radius 2 is 1.92 bits per heavy atom. The zero-order valence-corrected chi connectivity index (χ0v) is 28.2. The number of hydrogen-bond acceptors (Lipinski definition) is 6. The Balaban J connectivity index is 1.40. The topological polar surface area (TPSA) is 95.4 Å². The fourth-order valence-corrected chi connectivity index (χ4v) is 8.71. The predicted molar refractivity (Wildman–Crippen MR) is 182 cm³/mol. The van der Waals surface area contributed by atoms with Gasteiger partial charge in [-0.1, -0.05) is 54.6 Å². The van der Waals surface area contributed by atoms with E-state index in [1.54, 1.807) is 13.2 Å². The van der Waals surface area contributed by atoms with Crippen LogP contribution in [0, 0.1) is 5.41 Å². The van der Waals surface area contributed by atoms with Gasteiger partial charge in [0.15, 0.2) is 10.9 Å². The number of allylic oxidation sites excluding steroid dienone is 2. The Morgan fingerprint density at radius 3 is 2.69 bits per heavy atom. The van der Waals surface area contributed by atoms with Gasteiger partial charge in [0, 0.05) is 28.4 Å². The highest BCUT2D eigenvalue weighted by atomic mass is 32.2. The van der Waals surface area contributed by atoms with Gasteiger partial charge in [0.2, 0.25) is 0 Å². The number of benzene rings is 3. The Kier molecular flexibility index (Phi) is 9.54. The standard InChI is InChI=1S/C38H41F3N2O4S/c1-23-6-5-16-36(2)31(15-17-37(36,46)22-48-35-42-32-14-12-28(47-3)21-33(32)43-35)29-13-10-24(18-27(44)11-9-23)19-30(29)34(45)25-7-4-8-26(20-25)38(39,40)41/h4,6-8,10,12-14,19-21,27,31,44,46H,5,9,11,15-18,22H2,1-3H3,(H,42,43). The minimum Gasteiger partial charge on any atom is -0.497 e. The largest absolute Gasteiger partial charge is 0.497 e. The second-order valence-electron chi connectivity index (χ2n) is 13.6. The number of thioether (sulfide) groups is 1. The number of aliphatic hydroxyl groups is 2. The summed E-state index contributed by atoms with van der Waals surface area (Å²) in [6.07, 6.45) is 0.946. The monoisotopic (exact) mass is 678 g/mol. The summed E-state index contributed by atoms with van der Waals surface area (Å²) in [6.45, 7) is 4.14. The van der Waals surface area contributed by atoms with E-state index in [4.69, 9.17) is 9.72 Å².